The molecule has 2 heterocycles. The van der Waals surface area contributed by atoms with Gasteiger partial charge in [0.05, 0.1) is 23.7 Å². The van der Waals surface area contributed by atoms with Gasteiger partial charge in [0.25, 0.3) is 11.8 Å². The van der Waals surface area contributed by atoms with Crippen LogP contribution in [0.5, 0.6) is 0 Å². The summed E-state index contributed by atoms with van der Waals surface area (Å²) in [6, 6.07) is 36.6. The van der Waals surface area contributed by atoms with Crippen LogP contribution in [0.1, 0.15) is 139 Å². The fraction of sp³-hybridized carbons (Fsp3) is 0.492. The number of nitrogens with zero attached hydrogens (tertiary/aromatic N) is 2. The van der Waals surface area contributed by atoms with Crippen molar-refractivity contribution in [1.82, 2.24) is 31.1 Å². The van der Waals surface area contributed by atoms with Gasteiger partial charge in [-0.2, -0.15) is 12.6 Å². The van der Waals surface area contributed by atoms with Gasteiger partial charge in [-0.1, -0.05) is 142 Å². The van der Waals surface area contributed by atoms with Crippen molar-refractivity contribution in [2.24, 2.45) is 23.7 Å². The molecule has 4 aromatic carbocycles. The first-order valence-corrected chi connectivity index (χ1v) is 27.4. The van der Waals surface area contributed by atoms with Gasteiger partial charge in [0.2, 0.25) is 23.6 Å². The number of carbonyl (C=O) groups is 6. The molecule has 380 valence electrons. The smallest absolute Gasteiger partial charge is 0.253 e. The van der Waals surface area contributed by atoms with Gasteiger partial charge in [-0.15, -0.1) is 0 Å². The summed E-state index contributed by atoms with van der Waals surface area (Å²) in [6.07, 6.45) is 14.1. The predicted octanol–water partition coefficient (Wildman–Crippen LogP) is 8.03. The molecule has 3 saturated carbocycles. The minimum Gasteiger partial charge on any atom is -0.356 e. The first kappa shape index (κ1) is 51.0. The summed E-state index contributed by atoms with van der Waals surface area (Å²) in [7, 11) is 0. The molecular weight excluding hydrogens is 921 g/mol. The number of hydrogen-bond acceptors (Lipinski definition) is 7. The standard InChI is InChI=1S/C59H72N6O6S/c66-54(60-30-18-7-5-3-1-2-4-6-8-19-31-72)47-35-64(36-48(47)55(67)61-51-32-44(51)39-20-12-9-13-21-39)58(70)42-26-28-43(29-27-42)59(71)65-37-49(56(68)62-52-33-45(52)40-22-14-10-15-23-40)50(38-65)57(69)63-53-34-46(53)41-24-16-11-17-25-41/h9-17,20-29,44-53,72H,1-8,18-19,30-38H2,(H,60,66)(H,61,67)(H,62,68)(H,63,69)/t44-,45-,46-,47-,48-,49-,50-,51+,52+,53+/m1/s1. The minimum absolute atomic E-state index is 0.0215. The first-order chi connectivity index (χ1) is 35.2. The van der Waals surface area contributed by atoms with Crippen LogP contribution in [0, 0.1) is 23.7 Å². The van der Waals surface area contributed by atoms with Crippen LogP contribution in [-0.4, -0.2) is 102 Å². The minimum atomic E-state index is -0.728. The van der Waals surface area contributed by atoms with Crippen molar-refractivity contribution in [2.45, 2.75) is 119 Å². The third kappa shape index (κ3) is 13.0. The number of nitrogens with one attached hydrogen (secondary N) is 4. The molecule has 0 radical (unpaired) electrons. The number of thiol groups is 1. The lowest BCUT2D eigenvalue weighted by Gasteiger charge is -2.18. The second kappa shape index (κ2) is 24.2. The molecule has 6 amide bonds. The van der Waals surface area contributed by atoms with Crippen LogP contribution >= 0.6 is 12.6 Å². The van der Waals surface area contributed by atoms with Crippen molar-refractivity contribution >= 4 is 48.1 Å². The maximum absolute atomic E-state index is 14.2. The predicted molar refractivity (Wildman–Crippen MR) is 282 cm³/mol. The molecule has 13 heteroatoms. The fourth-order valence-corrected chi connectivity index (χ4v) is 11.5. The van der Waals surface area contributed by atoms with Crippen LogP contribution < -0.4 is 21.3 Å². The summed E-state index contributed by atoms with van der Waals surface area (Å²) in [5, 5.41) is 12.7. The molecule has 3 aliphatic carbocycles. The third-order valence-corrected chi connectivity index (χ3v) is 16.2. The number of rotatable bonds is 24. The molecule has 2 saturated heterocycles. The topological polar surface area (TPSA) is 157 Å². The average Bonchev–Trinajstić information content (AvgIpc) is 4.38. The van der Waals surface area contributed by atoms with E-state index in [1.54, 1.807) is 34.1 Å². The number of unbranched alkanes of at least 4 members (excludes halogenated alkanes) is 9. The van der Waals surface area contributed by atoms with Crippen molar-refractivity contribution in [1.29, 1.82) is 0 Å². The van der Waals surface area contributed by atoms with Crippen LogP contribution in [0.3, 0.4) is 0 Å². The molecule has 0 spiro atoms. The van der Waals surface area contributed by atoms with Crippen molar-refractivity contribution in [2.75, 3.05) is 38.5 Å². The SMILES string of the molecule is O=C(NCCCCCCCCCCCCS)[C@@H]1CN(C(=O)c2ccc(C(=O)N3C[C@@H](C(=O)N[C@H]4C[C@@H]4c4ccccc4)[C@H](C(=O)N[C@H]4C[C@@H]4c4ccccc4)C3)cc2)C[C@H]1C(=O)N[C@H]1C[C@@H]1c1ccccc1. The highest BCUT2D eigenvalue weighted by Gasteiger charge is 2.50. The van der Waals surface area contributed by atoms with E-state index in [0.717, 1.165) is 55.4 Å². The van der Waals surface area contributed by atoms with Gasteiger partial charge in [-0.3, -0.25) is 28.8 Å². The first-order valence-electron chi connectivity index (χ1n) is 26.8. The molecule has 2 aliphatic heterocycles. The molecule has 72 heavy (non-hydrogen) atoms. The Hall–Kier alpha value is -5.95. The van der Waals surface area contributed by atoms with Gasteiger partial charge in [-0.25, -0.2) is 0 Å². The Kier molecular flexibility index (Phi) is 17.1. The van der Waals surface area contributed by atoms with Gasteiger partial charge >= 0.3 is 0 Å². The Morgan fingerprint density at radius 1 is 0.403 bits per heavy atom. The summed E-state index contributed by atoms with van der Waals surface area (Å²) in [4.78, 5) is 87.4. The summed E-state index contributed by atoms with van der Waals surface area (Å²) < 4.78 is 0. The third-order valence-electron chi connectivity index (χ3n) is 15.9. The van der Waals surface area contributed by atoms with E-state index >= 15 is 0 Å². The zero-order valence-electron chi connectivity index (χ0n) is 41.5. The summed E-state index contributed by atoms with van der Waals surface area (Å²) in [5.41, 5.74) is 4.17. The van der Waals surface area contributed by atoms with Crippen LogP contribution in [0.15, 0.2) is 115 Å². The quantitative estimate of drug-likeness (QED) is 0.0354. The van der Waals surface area contributed by atoms with Gasteiger partial charge < -0.3 is 31.1 Å². The number of likely N-dealkylation sites (tertiary alicyclic amines) is 2. The zero-order valence-corrected chi connectivity index (χ0v) is 42.4. The summed E-state index contributed by atoms with van der Waals surface area (Å²) >= 11 is 4.30. The van der Waals surface area contributed by atoms with Crippen molar-refractivity contribution < 1.29 is 28.8 Å². The van der Waals surface area contributed by atoms with Crippen LogP contribution in [0.25, 0.3) is 0 Å². The average molecular weight is 993 g/mol. The van der Waals surface area contributed by atoms with Gasteiger partial charge in [0.1, 0.15) is 0 Å². The van der Waals surface area contributed by atoms with Gasteiger partial charge in [0, 0.05) is 79.7 Å². The number of carbonyl (C=O) groups excluding carboxylic acids is 6. The number of amides is 6. The van der Waals surface area contributed by atoms with E-state index < -0.39 is 23.7 Å². The molecule has 5 aliphatic rings. The maximum atomic E-state index is 14.2. The van der Waals surface area contributed by atoms with Crippen LogP contribution in [-0.2, 0) is 19.2 Å². The van der Waals surface area contributed by atoms with E-state index in [0.29, 0.717) is 17.7 Å². The molecule has 12 nitrogen and oxygen atoms in total. The van der Waals surface area contributed by atoms with E-state index in [1.165, 1.54) is 50.5 Å². The molecule has 5 fully saturated rings. The Balaban J connectivity index is 0.811. The Labute approximate surface area is 430 Å². The molecule has 4 N–H and O–H groups in total. The number of benzene rings is 4. The zero-order chi connectivity index (χ0) is 50.0. The van der Waals surface area contributed by atoms with Crippen LogP contribution in [0.4, 0.5) is 0 Å². The molecule has 9 rings (SSSR count). The fourth-order valence-electron chi connectivity index (χ4n) is 11.3. The molecule has 0 unspecified atom stereocenters. The van der Waals surface area contributed by atoms with E-state index in [4.69, 9.17) is 0 Å². The molecule has 10 atom stereocenters. The second-order valence-corrected chi connectivity index (χ2v) is 21.5. The van der Waals surface area contributed by atoms with Gasteiger partial charge in [0.15, 0.2) is 0 Å². The van der Waals surface area contributed by atoms with Crippen molar-refractivity contribution in [3.8, 4) is 0 Å². The summed E-state index contributed by atoms with van der Waals surface area (Å²) in [6.45, 7) is 0.897. The Morgan fingerprint density at radius 2 is 0.708 bits per heavy atom. The maximum Gasteiger partial charge on any atom is 0.253 e. The molecule has 0 aromatic heterocycles. The lowest BCUT2D eigenvalue weighted by Crippen LogP contribution is -2.43. The second-order valence-electron chi connectivity index (χ2n) is 21.1. The lowest BCUT2D eigenvalue weighted by atomic mass is 9.94. The van der Waals surface area contributed by atoms with E-state index in [2.05, 4.69) is 70.3 Å². The highest BCUT2D eigenvalue weighted by Crippen LogP contribution is 2.43. The Bertz CT molecular complexity index is 2420. The highest BCUT2D eigenvalue weighted by molar-refractivity contribution is 7.80. The highest BCUT2D eigenvalue weighted by atomic mass is 32.1. The van der Waals surface area contributed by atoms with Gasteiger partial charge in [-0.05, 0) is 78.8 Å². The lowest BCUT2D eigenvalue weighted by molar-refractivity contribution is -0.133. The van der Waals surface area contributed by atoms with Crippen molar-refractivity contribution in [3.63, 3.8) is 0 Å². The van der Waals surface area contributed by atoms with E-state index in [-0.39, 0.29) is 97.5 Å². The Morgan fingerprint density at radius 3 is 1.04 bits per heavy atom. The normalized spacial score (nSPS) is 25.8. The van der Waals surface area contributed by atoms with Crippen molar-refractivity contribution in [3.05, 3.63) is 143 Å². The molecule has 0 bridgehead atoms. The molecular formula is C59H72N6O6S. The van der Waals surface area contributed by atoms with E-state index in [9.17, 15) is 28.8 Å². The molecule has 4 aromatic rings. The number of hydrogen-bond donors (Lipinski definition) is 5. The summed E-state index contributed by atoms with van der Waals surface area (Å²) in [5.74, 6) is -2.80. The monoisotopic (exact) mass is 993 g/mol. The largest absolute Gasteiger partial charge is 0.356 e. The van der Waals surface area contributed by atoms with Crippen LogP contribution in [0.2, 0.25) is 0 Å². The van der Waals surface area contributed by atoms with E-state index in [1.807, 2.05) is 54.6 Å².